The first kappa shape index (κ1) is 22.0. The lowest BCUT2D eigenvalue weighted by molar-refractivity contribution is -0.132. The first-order valence-corrected chi connectivity index (χ1v) is 12.1. The Bertz CT molecular complexity index is 763. The molecule has 31 heavy (non-hydrogen) atoms. The zero-order valence-electron chi connectivity index (χ0n) is 18.6. The third-order valence-corrected chi connectivity index (χ3v) is 7.19. The summed E-state index contributed by atoms with van der Waals surface area (Å²) in [6.07, 6.45) is 15.2. The molecular weight excluding hydrogens is 388 g/mol. The van der Waals surface area contributed by atoms with Gasteiger partial charge in [0.2, 0.25) is 11.8 Å². The van der Waals surface area contributed by atoms with Crippen LogP contribution in [0.15, 0.2) is 36.2 Å². The molecule has 2 aliphatic heterocycles. The summed E-state index contributed by atoms with van der Waals surface area (Å²) in [4.78, 5) is 33.9. The lowest BCUT2D eigenvalue weighted by Gasteiger charge is -2.41. The predicted octanol–water partition coefficient (Wildman–Crippen LogP) is 3.29. The summed E-state index contributed by atoms with van der Waals surface area (Å²) in [5, 5.41) is 3.07. The van der Waals surface area contributed by atoms with E-state index in [1.54, 1.807) is 12.4 Å². The van der Waals surface area contributed by atoms with Gasteiger partial charge in [0.05, 0.1) is 0 Å². The SMILES string of the molecule is O=C(NCc1cccnc1)C1CCN(C2CCN(C(=O)CC3=CCCCC3)CC2)CC1. The molecule has 1 aliphatic carbocycles. The summed E-state index contributed by atoms with van der Waals surface area (Å²) in [6, 6.07) is 4.43. The zero-order chi connectivity index (χ0) is 21.5. The monoisotopic (exact) mass is 424 g/mol. The Labute approximate surface area is 186 Å². The summed E-state index contributed by atoms with van der Waals surface area (Å²) < 4.78 is 0. The van der Waals surface area contributed by atoms with Crippen molar-refractivity contribution in [3.63, 3.8) is 0 Å². The molecule has 0 unspecified atom stereocenters. The van der Waals surface area contributed by atoms with Crippen molar-refractivity contribution in [1.29, 1.82) is 0 Å². The average Bonchev–Trinajstić information content (AvgIpc) is 2.84. The smallest absolute Gasteiger partial charge is 0.226 e. The second kappa shape index (κ2) is 10.9. The van der Waals surface area contributed by atoms with E-state index in [0.29, 0.717) is 24.9 Å². The first-order valence-electron chi connectivity index (χ1n) is 12.1. The van der Waals surface area contributed by atoms with E-state index < -0.39 is 0 Å². The summed E-state index contributed by atoms with van der Waals surface area (Å²) >= 11 is 0. The first-order chi connectivity index (χ1) is 15.2. The molecule has 0 atom stereocenters. The zero-order valence-corrected chi connectivity index (χ0v) is 18.6. The molecule has 0 radical (unpaired) electrons. The van der Waals surface area contributed by atoms with Crippen LogP contribution in [0.1, 0.15) is 63.4 Å². The van der Waals surface area contributed by atoms with Crippen LogP contribution in [0.25, 0.3) is 0 Å². The fourth-order valence-corrected chi connectivity index (χ4v) is 5.21. The molecule has 2 saturated heterocycles. The molecule has 2 fully saturated rings. The highest BCUT2D eigenvalue weighted by atomic mass is 16.2. The highest BCUT2D eigenvalue weighted by Crippen LogP contribution is 2.26. The number of carbonyl (C=O) groups is 2. The standard InChI is InChI=1S/C25H36N4O2/c30-24(17-20-5-2-1-3-6-20)29-15-10-23(11-16-29)28-13-8-22(9-14-28)25(31)27-19-21-7-4-12-26-18-21/h4-5,7,12,18,22-23H,1-3,6,8-11,13-17,19H2,(H,27,31). The average molecular weight is 425 g/mol. The van der Waals surface area contributed by atoms with Gasteiger partial charge in [-0.1, -0.05) is 17.7 Å². The molecule has 168 valence electrons. The normalized spacial score (nSPS) is 21.5. The molecule has 6 nitrogen and oxygen atoms in total. The number of hydrogen-bond donors (Lipinski definition) is 1. The largest absolute Gasteiger partial charge is 0.352 e. The number of hydrogen-bond acceptors (Lipinski definition) is 4. The van der Waals surface area contributed by atoms with Crippen LogP contribution in [0.4, 0.5) is 0 Å². The van der Waals surface area contributed by atoms with Crippen LogP contribution in [0, 0.1) is 5.92 Å². The second-order valence-electron chi connectivity index (χ2n) is 9.29. The Hall–Kier alpha value is -2.21. The van der Waals surface area contributed by atoms with Crippen LogP contribution in [0.2, 0.25) is 0 Å². The number of rotatable bonds is 6. The number of carbonyl (C=O) groups excluding carboxylic acids is 2. The van der Waals surface area contributed by atoms with Gasteiger partial charge in [0.15, 0.2) is 0 Å². The van der Waals surface area contributed by atoms with E-state index >= 15 is 0 Å². The van der Waals surface area contributed by atoms with Gasteiger partial charge in [0, 0.05) is 50.4 Å². The van der Waals surface area contributed by atoms with Crippen molar-refractivity contribution in [2.45, 2.75) is 70.4 Å². The van der Waals surface area contributed by atoms with Gasteiger partial charge in [0.25, 0.3) is 0 Å². The Balaban J connectivity index is 1.16. The van der Waals surface area contributed by atoms with Crippen molar-refractivity contribution in [1.82, 2.24) is 20.1 Å². The molecule has 2 amide bonds. The minimum absolute atomic E-state index is 0.110. The maximum absolute atomic E-state index is 12.7. The van der Waals surface area contributed by atoms with Gasteiger partial charge < -0.3 is 15.1 Å². The van der Waals surface area contributed by atoms with Crippen LogP contribution >= 0.6 is 0 Å². The Morgan fingerprint density at radius 3 is 2.55 bits per heavy atom. The van der Waals surface area contributed by atoms with E-state index in [-0.39, 0.29) is 11.8 Å². The van der Waals surface area contributed by atoms with Crippen LogP contribution in [-0.2, 0) is 16.1 Å². The lowest BCUT2D eigenvalue weighted by Crippen LogP contribution is -2.50. The summed E-state index contributed by atoms with van der Waals surface area (Å²) in [5.74, 6) is 0.592. The summed E-state index contributed by atoms with van der Waals surface area (Å²) in [6.45, 7) is 4.27. The molecule has 3 aliphatic rings. The highest BCUT2D eigenvalue weighted by Gasteiger charge is 2.31. The number of nitrogens with one attached hydrogen (secondary N) is 1. The Morgan fingerprint density at radius 2 is 1.87 bits per heavy atom. The Kier molecular flexibility index (Phi) is 7.73. The highest BCUT2D eigenvalue weighted by molar-refractivity contribution is 5.79. The molecule has 4 rings (SSSR count). The number of nitrogens with zero attached hydrogens (tertiary/aromatic N) is 3. The van der Waals surface area contributed by atoms with Crippen molar-refractivity contribution >= 4 is 11.8 Å². The van der Waals surface area contributed by atoms with Crippen LogP contribution in [0.3, 0.4) is 0 Å². The quantitative estimate of drug-likeness (QED) is 0.712. The maximum Gasteiger partial charge on any atom is 0.226 e. The fourth-order valence-electron chi connectivity index (χ4n) is 5.21. The molecule has 0 aromatic carbocycles. The molecule has 1 aromatic heterocycles. The molecule has 0 saturated carbocycles. The van der Waals surface area contributed by atoms with Gasteiger partial charge in [-0.15, -0.1) is 0 Å². The topological polar surface area (TPSA) is 65.5 Å². The van der Waals surface area contributed by atoms with Crippen LogP contribution < -0.4 is 5.32 Å². The predicted molar refractivity (Wildman–Crippen MR) is 121 cm³/mol. The van der Waals surface area contributed by atoms with Crippen molar-refractivity contribution in [3.8, 4) is 0 Å². The number of amides is 2. The molecule has 1 aromatic rings. The van der Waals surface area contributed by atoms with E-state index in [1.807, 2.05) is 12.1 Å². The second-order valence-corrected chi connectivity index (χ2v) is 9.29. The lowest BCUT2D eigenvalue weighted by atomic mass is 9.92. The maximum atomic E-state index is 12.7. The van der Waals surface area contributed by atoms with Crippen LogP contribution in [0.5, 0.6) is 0 Å². The summed E-state index contributed by atoms with van der Waals surface area (Å²) in [5.41, 5.74) is 2.39. The van der Waals surface area contributed by atoms with Crippen LogP contribution in [-0.4, -0.2) is 58.8 Å². The fraction of sp³-hybridized carbons (Fsp3) is 0.640. The number of aromatic nitrogens is 1. The number of allylic oxidation sites excluding steroid dienone is 1. The van der Waals surface area contributed by atoms with Gasteiger partial charge in [-0.2, -0.15) is 0 Å². The van der Waals surface area contributed by atoms with Gasteiger partial charge in [-0.25, -0.2) is 0 Å². The van der Waals surface area contributed by atoms with E-state index in [1.165, 1.54) is 18.4 Å². The molecule has 0 spiro atoms. The van der Waals surface area contributed by atoms with E-state index in [2.05, 4.69) is 26.2 Å². The molecule has 1 N–H and O–H groups in total. The van der Waals surface area contributed by atoms with Crippen molar-refractivity contribution in [2.24, 2.45) is 5.92 Å². The third kappa shape index (κ3) is 6.16. The van der Waals surface area contributed by atoms with Crippen molar-refractivity contribution in [2.75, 3.05) is 26.2 Å². The van der Waals surface area contributed by atoms with Gasteiger partial charge in [-0.05, 0) is 76.1 Å². The van der Waals surface area contributed by atoms with Gasteiger partial charge in [0.1, 0.15) is 0 Å². The molecule has 6 heteroatoms. The van der Waals surface area contributed by atoms with E-state index in [4.69, 9.17) is 0 Å². The minimum Gasteiger partial charge on any atom is -0.352 e. The summed E-state index contributed by atoms with van der Waals surface area (Å²) in [7, 11) is 0. The van der Waals surface area contributed by atoms with E-state index in [9.17, 15) is 9.59 Å². The van der Waals surface area contributed by atoms with Crippen molar-refractivity contribution in [3.05, 3.63) is 41.7 Å². The van der Waals surface area contributed by atoms with Gasteiger partial charge in [-0.3, -0.25) is 14.6 Å². The minimum atomic E-state index is 0.110. The third-order valence-electron chi connectivity index (χ3n) is 7.19. The van der Waals surface area contributed by atoms with E-state index in [0.717, 1.165) is 70.3 Å². The number of likely N-dealkylation sites (tertiary alicyclic amines) is 2. The Morgan fingerprint density at radius 1 is 1.06 bits per heavy atom. The number of pyridine rings is 1. The van der Waals surface area contributed by atoms with Crippen molar-refractivity contribution < 1.29 is 9.59 Å². The molecule has 0 bridgehead atoms. The molecular formula is C25H36N4O2. The number of piperidine rings is 2. The van der Waals surface area contributed by atoms with Gasteiger partial charge >= 0.3 is 0 Å². The molecule has 3 heterocycles.